The number of rotatable bonds is 4. The van der Waals surface area contributed by atoms with E-state index in [-0.39, 0.29) is 11.3 Å². The highest BCUT2D eigenvalue weighted by Crippen LogP contribution is 2.35. The molecule has 7 heteroatoms. The van der Waals surface area contributed by atoms with E-state index >= 15 is 0 Å². The molecule has 0 bridgehead atoms. The average Bonchev–Trinajstić information content (AvgIpc) is 2.58. The second-order valence-corrected chi connectivity index (χ2v) is 5.73. The number of alkyl halides is 3. The van der Waals surface area contributed by atoms with Crippen molar-refractivity contribution in [3.8, 4) is 6.07 Å². The minimum atomic E-state index is -4.65. The van der Waals surface area contributed by atoms with Crippen molar-refractivity contribution in [3.63, 3.8) is 0 Å². The number of hydrogen-bond acceptors (Lipinski definition) is 3. The van der Waals surface area contributed by atoms with Gasteiger partial charge in [0.15, 0.2) is 0 Å². The van der Waals surface area contributed by atoms with Gasteiger partial charge < -0.3 is 0 Å². The number of benzene rings is 2. The second kappa shape index (κ2) is 7.26. The van der Waals surface area contributed by atoms with Crippen molar-refractivity contribution in [2.75, 3.05) is 5.43 Å². The lowest BCUT2D eigenvalue weighted by Crippen LogP contribution is -2.30. The van der Waals surface area contributed by atoms with Gasteiger partial charge in [-0.2, -0.15) is 18.4 Å². The maximum atomic E-state index is 13.1. The number of halogens is 3. The van der Waals surface area contributed by atoms with E-state index in [1.807, 2.05) is 13.8 Å². The molecular weight excluding hydrogens is 331 g/mol. The molecule has 0 saturated carbocycles. The third-order valence-electron chi connectivity index (χ3n) is 3.60. The van der Waals surface area contributed by atoms with Crippen LogP contribution in [0.4, 0.5) is 18.9 Å². The molecule has 25 heavy (non-hydrogen) atoms. The Kier molecular flexibility index (Phi) is 5.32. The number of anilines is 1. The first kappa shape index (κ1) is 18.3. The third-order valence-corrected chi connectivity index (χ3v) is 3.60. The van der Waals surface area contributed by atoms with Crippen LogP contribution in [0.5, 0.6) is 0 Å². The number of carbonyl (C=O) groups excluding carboxylic acids is 1. The molecule has 0 unspecified atom stereocenters. The zero-order valence-electron chi connectivity index (χ0n) is 13.6. The standard InChI is InChI=1S/C18H16F3N3O/c1-11(2)13-4-6-14(7-5-13)17(25)24-23-16-8-3-12(10-22)9-15(16)18(19,20)21/h3-9,11,23H,1-2H3,(H,24,25). The fraction of sp³-hybridized carbons (Fsp3) is 0.222. The maximum Gasteiger partial charge on any atom is 0.418 e. The number of carbonyl (C=O) groups is 1. The summed E-state index contributed by atoms with van der Waals surface area (Å²) in [5.74, 6) is -0.254. The molecule has 0 atom stereocenters. The molecule has 0 heterocycles. The highest BCUT2D eigenvalue weighted by atomic mass is 19.4. The second-order valence-electron chi connectivity index (χ2n) is 5.73. The van der Waals surface area contributed by atoms with E-state index < -0.39 is 17.6 Å². The van der Waals surface area contributed by atoms with E-state index in [9.17, 15) is 18.0 Å². The van der Waals surface area contributed by atoms with Gasteiger partial charge in [0.1, 0.15) is 0 Å². The molecule has 0 saturated heterocycles. The Morgan fingerprint density at radius 2 is 1.76 bits per heavy atom. The average molecular weight is 347 g/mol. The minimum Gasteiger partial charge on any atom is -0.298 e. The molecule has 0 aliphatic carbocycles. The third kappa shape index (κ3) is 4.51. The monoisotopic (exact) mass is 347 g/mol. The molecule has 1 amide bonds. The molecule has 0 fully saturated rings. The van der Waals surface area contributed by atoms with E-state index in [1.54, 1.807) is 30.3 Å². The van der Waals surface area contributed by atoms with Crippen molar-refractivity contribution in [1.29, 1.82) is 5.26 Å². The van der Waals surface area contributed by atoms with Gasteiger partial charge in [0.25, 0.3) is 5.91 Å². The summed E-state index contributed by atoms with van der Waals surface area (Å²) in [6.07, 6.45) is -4.65. The summed E-state index contributed by atoms with van der Waals surface area (Å²) in [5, 5.41) is 8.74. The van der Waals surface area contributed by atoms with Gasteiger partial charge in [-0.15, -0.1) is 0 Å². The van der Waals surface area contributed by atoms with Gasteiger partial charge in [0.05, 0.1) is 22.9 Å². The molecule has 2 N–H and O–H groups in total. The molecule has 0 aliphatic heterocycles. The summed E-state index contributed by atoms with van der Waals surface area (Å²) in [4.78, 5) is 12.1. The Morgan fingerprint density at radius 3 is 2.28 bits per heavy atom. The lowest BCUT2D eigenvalue weighted by molar-refractivity contribution is -0.137. The molecule has 0 aliphatic rings. The molecular formula is C18H16F3N3O. The van der Waals surface area contributed by atoms with Crippen LogP contribution >= 0.6 is 0 Å². The van der Waals surface area contributed by atoms with Crippen LogP contribution in [0.2, 0.25) is 0 Å². The van der Waals surface area contributed by atoms with Crippen LogP contribution in [0, 0.1) is 11.3 Å². The number of nitrogens with zero attached hydrogens (tertiary/aromatic N) is 1. The predicted octanol–water partition coefficient (Wildman–Crippen LogP) is 4.46. The Labute approximate surface area is 143 Å². The lowest BCUT2D eigenvalue weighted by Gasteiger charge is -2.15. The summed E-state index contributed by atoms with van der Waals surface area (Å²) in [5.41, 5.74) is 4.41. The van der Waals surface area contributed by atoms with Crippen LogP contribution in [-0.2, 0) is 6.18 Å². The van der Waals surface area contributed by atoms with Gasteiger partial charge in [-0.1, -0.05) is 26.0 Å². The molecule has 130 valence electrons. The van der Waals surface area contributed by atoms with Gasteiger partial charge in [-0.05, 0) is 41.8 Å². The molecule has 4 nitrogen and oxygen atoms in total. The SMILES string of the molecule is CC(C)c1ccc(C(=O)NNc2ccc(C#N)cc2C(F)(F)F)cc1. The smallest absolute Gasteiger partial charge is 0.298 e. The highest BCUT2D eigenvalue weighted by Gasteiger charge is 2.34. The van der Waals surface area contributed by atoms with Crippen molar-refractivity contribution in [1.82, 2.24) is 5.43 Å². The minimum absolute atomic E-state index is 0.117. The first-order valence-corrected chi connectivity index (χ1v) is 7.50. The summed E-state index contributed by atoms with van der Waals surface area (Å²) < 4.78 is 39.2. The summed E-state index contributed by atoms with van der Waals surface area (Å²) in [7, 11) is 0. The van der Waals surface area contributed by atoms with E-state index in [0.29, 0.717) is 11.5 Å². The van der Waals surface area contributed by atoms with Crippen LogP contribution < -0.4 is 10.9 Å². The van der Waals surface area contributed by atoms with Gasteiger partial charge in [-0.25, -0.2) is 0 Å². The molecule has 2 rings (SSSR count). The summed E-state index contributed by atoms with van der Waals surface area (Å²) in [6.45, 7) is 4.03. The number of hydrogen-bond donors (Lipinski definition) is 2. The van der Waals surface area contributed by atoms with Gasteiger partial charge >= 0.3 is 6.18 Å². The molecule has 0 radical (unpaired) electrons. The largest absolute Gasteiger partial charge is 0.418 e. The number of hydrazine groups is 1. The molecule has 2 aromatic rings. The Bertz CT molecular complexity index is 806. The van der Waals surface area contributed by atoms with Crippen molar-refractivity contribution in [2.45, 2.75) is 25.9 Å². The van der Waals surface area contributed by atoms with E-state index in [1.165, 1.54) is 6.07 Å². The van der Waals surface area contributed by atoms with E-state index in [0.717, 1.165) is 17.7 Å². The first-order valence-electron chi connectivity index (χ1n) is 7.50. The fourth-order valence-electron chi connectivity index (χ4n) is 2.17. The first-order chi connectivity index (χ1) is 11.7. The van der Waals surface area contributed by atoms with Crippen LogP contribution in [0.3, 0.4) is 0 Å². The number of nitrogens with one attached hydrogen (secondary N) is 2. The number of nitriles is 1. The van der Waals surface area contributed by atoms with Gasteiger partial charge in [0, 0.05) is 5.56 Å². The van der Waals surface area contributed by atoms with Crippen LogP contribution in [0.25, 0.3) is 0 Å². The molecule has 2 aromatic carbocycles. The molecule has 0 spiro atoms. The van der Waals surface area contributed by atoms with Crippen LogP contribution in [-0.4, -0.2) is 5.91 Å². The van der Waals surface area contributed by atoms with Crippen molar-refractivity contribution in [2.24, 2.45) is 0 Å². The predicted molar refractivity (Wildman–Crippen MR) is 87.8 cm³/mol. The quantitative estimate of drug-likeness (QED) is 0.803. The van der Waals surface area contributed by atoms with Crippen LogP contribution in [0.15, 0.2) is 42.5 Å². The maximum absolute atomic E-state index is 13.1. The summed E-state index contributed by atoms with van der Waals surface area (Å²) >= 11 is 0. The van der Waals surface area contributed by atoms with Crippen molar-refractivity contribution >= 4 is 11.6 Å². The Hall–Kier alpha value is -3.01. The zero-order valence-corrected chi connectivity index (χ0v) is 13.6. The topological polar surface area (TPSA) is 64.9 Å². The Morgan fingerprint density at radius 1 is 1.12 bits per heavy atom. The van der Waals surface area contributed by atoms with Crippen LogP contribution in [0.1, 0.15) is 46.8 Å². The van der Waals surface area contributed by atoms with Gasteiger partial charge in [-0.3, -0.25) is 15.6 Å². The van der Waals surface area contributed by atoms with E-state index in [4.69, 9.17) is 5.26 Å². The van der Waals surface area contributed by atoms with Gasteiger partial charge in [0.2, 0.25) is 0 Å². The summed E-state index contributed by atoms with van der Waals surface area (Å²) in [6, 6.07) is 11.5. The van der Waals surface area contributed by atoms with Crippen molar-refractivity contribution in [3.05, 3.63) is 64.7 Å². The lowest BCUT2D eigenvalue weighted by atomic mass is 10.0. The van der Waals surface area contributed by atoms with Crippen molar-refractivity contribution < 1.29 is 18.0 Å². The fourth-order valence-corrected chi connectivity index (χ4v) is 2.17. The number of amides is 1. The highest BCUT2D eigenvalue weighted by molar-refractivity contribution is 5.95. The zero-order chi connectivity index (χ0) is 18.6. The van der Waals surface area contributed by atoms with E-state index in [2.05, 4.69) is 10.9 Å². The molecule has 0 aromatic heterocycles. The Balaban J connectivity index is 2.15. The normalized spacial score (nSPS) is 11.1.